The predicted octanol–water partition coefficient (Wildman–Crippen LogP) is 5.89. The van der Waals surface area contributed by atoms with Gasteiger partial charge in [-0.15, -0.1) is 0 Å². The van der Waals surface area contributed by atoms with E-state index in [-0.39, 0.29) is 5.91 Å². The predicted molar refractivity (Wildman–Crippen MR) is 126 cm³/mol. The van der Waals surface area contributed by atoms with Crippen LogP contribution in [0.15, 0.2) is 66.7 Å². The van der Waals surface area contributed by atoms with Crippen LogP contribution in [0.4, 0.5) is 15.8 Å². The minimum absolute atomic E-state index is 0.322. The lowest BCUT2D eigenvalue weighted by molar-refractivity contribution is 0.0997. The molecule has 0 aromatic heterocycles. The van der Waals surface area contributed by atoms with Crippen LogP contribution in [0, 0.1) is 5.82 Å². The minimum Gasteiger partial charge on any atom is -0.493 e. The van der Waals surface area contributed by atoms with E-state index in [1.54, 1.807) is 23.1 Å². The van der Waals surface area contributed by atoms with E-state index >= 15 is 0 Å². The first-order valence-corrected chi connectivity index (χ1v) is 10.5. The van der Waals surface area contributed by atoms with Gasteiger partial charge in [-0.25, -0.2) is 4.39 Å². The molecule has 0 atom stereocenters. The Hall–Kier alpha value is -4.06. The third kappa shape index (κ3) is 3.44. The first-order chi connectivity index (χ1) is 16.0. The highest BCUT2D eigenvalue weighted by Gasteiger charge is 2.30. The SMILES string of the molecule is COc1cc(C(=O)N2c3cc(F)ccc3Cc3cc4ccccc4cc32)cc(OC)c1OC. The van der Waals surface area contributed by atoms with Gasteiger partial charge in [-0.2, -0.15) is 0 Å². The Kier molecular flexibility index (Phi) is 5.13. The third-order valence-electron chi connectivity index (χ3n) is 5.97. The summed E-state index contributed by atoms with van der Waals surface area (Å²) in [6.45, 7) is 0. The van der Waals surface area contributed by atoms with Crippen molar-refractivity contribution in [2.75, 3.05) is 26.2 Å². The molecule has 0 saturated heterocycles. The molecular formula is C27H22FNO4. The summed E-state index contributed by atoms with van der Waals surface area (Å²) in [5.41, 5.74) is 3.45. The van der Waals surface area contributed by atoms with Gasteiger partial charge in [0.2, 0.25) is 5.75 Å². The highest BCUT2D eigenvalue weighted by Crippen LogP contribution is 2.44. The normalized spacial score (nSPS) is 12.2. The summed E-state index contributed by atoms with van der Waals surface area (Å²) in [6.07, 6.45) is 0.606. The summed E-state index contributed by atoms with van der Waals surface area (Å²) >= 11 is 0. The van der Waals surface area contributed by atoms with E-state index in [4.69, 9.17) is 14.2 Å². The van der Waals surface area contributed by atoms with E-state index in [1.807, 2.05) is 30.3 Å². The van der Waals surface area contributed by atoms with Crippen LogP contribution in [0.1, 0.15) is 21.5 Å². The Morgan fingerprint density at radius 2 is 1.42 bits per heavy atom. The number of nitrogens with zero attached hydrogens (tertiary/aromatic N) is 1. The average molecular weight is 443 g/mol. The second-order valence-electron chi connectivity index (χ2n) is 7.83. The van der Waals surface area contributed by atoms with E-state index in [0.29, 0.717) is 34.9 Å². The maximum Gasteiger partial charge on any atom is 0.263 e. The van der Waals surface area contributed by atoms with E-state index in [9.17, 15) is 9.18 Å². The molecule has 166 valence electrons. The second-order valence-corrected chi connectivity index (χ2v) is 7.83. The molecule has 1 amide bonds. The van der Waals surface area contributed by atoms with Gasteiger partial charge in [-0.1, -0.05) is 30.3 Å². The third-order valence-corrected chi connectivity index (χ3v) is 5.97. The molecule has 4 aromatic carbocycles. The fourth-order valence-electron chi connectivity index (χ4n) is 4.41. The van der Waals surface area contributed by atoms with Crippen LogP contribution >= 0.6 is 0 Å². The summed E-state index contributed by atoms with van der Waals surface area (Å²) in [6, 6.07) is 19.8. The fourth-order valence-corrected chi connectivity index (χ4v) is 4.41. The van der Waals surface area contributed by atoms with Crippen molar-refractivity contribution in [1.82, 2.24) is 0 Å². The zero-order valence-corrected chi connectivity index (χ0v) is 18.5. The monoisotopic (exact) mass is 443 g/mol. The van der Waals surface area contributed by atoms with Crippen molar-refractivity contribution in [2.24, 2.45) is 0 Å². The summed E-state index contributed by atoms with van der Waals surface area (Å²) in [4.78, 5) is 15.5. The molecule has 1 heterocycles. The molecule has 0 fully saturated rings. The molecule has 0 unspecified atom stereocenters. The zero-order valence-electron chi connectivity index (χ0n) is 18.5. The number of fused-ring (bicyclic) bond motifs is 3. The molecular weight excluding hydrogens is 421 g/mol. The number of hydrogen-bond donors (Lipinski definition) is 0. The van der Waals surface area contributed by atoms with Crippen molar-refractivity contribution >= 4 is 28.1 Å². The first kappa shape index (κ1) is 20.8. The van der Waals surface area contributed by atoms with Crippen molar-refractivity contribution in [3.63, 3.8) is 0 Å². The molecule has 5 rings (SSSR count). The molecule has 0 saturated carbocycles. The molecule has 0 spiro atoms. The molecule has 1 aliphatic rings. The lowest BCUT2D eigenvalue weighted by atomic mass is 9.92. The van der Waals surface area contributed by atoms with E-state index < -0.39 is 5.82 Å². The summed E-state index contributed by atoms with van der Waals surface area (Å²) in [5, 5.41) is 2.08. The molecule has 1 aliphatic heterocycles. The Labute approximate surface area is 190 Å². The molecule has 33 heavy (non-hydrogen) atoms. The van der Waals surface area contributed by atoms with Gasteiger partial charge in [0, 0.05) is 12.0 Å². The molecule has 0 bridgehead atoms. The van der Waals surface area contributed by atoms with Crippen LogP contribution in [0.5, 0.6) is 17.2 Å². The van der Waals surface area contributed by atoms with Gasteiger partial charge in [0.15, 0.2) is 11.5 Å². The number of hydrogen-bond acceptors (Lipinski definition) is 4. The van der Waals surface area contributed by atoms with Crippen molar-refractivity contribution in [2.45, 2.75) is 6.42 Å². The van der Waals surface area contributed by atoms with Crippen molar-refractivity contribution in [3.05, 3.63) is 89.2 Å². The van der Waals surface area contributed by atoms with Crippen LogP contribution < -0.4 is 19.1 Å². The van der Waals surface area contributed by atoms with E-state index in [0.717, 1.165) is 27.6 Å². The quantitative estimate of drug-likeness (QED) is 0.395. The zero-order chi connectivity index (χ0) is 23.1. The molecule has 5 nitrogen and oxygen atoms in total. The molecule has 0 aliphatic carbocycles. The van der Waals surface area contributed by atoms with Gasteiger partial charge in [0.1, 0.15) is 5.82 Å². The molecule has 0 radical (unpaired) electrons. The van der Waals surface area contributed by atoms with Crippen molar-refractivity contribution < 1.29 is 23.4 Å². The van der Waals surface area contributed by atoms with Gasteiger partial charge in [-0.05, 0) is 58.3 Å². The maximum absolute atomic E-state index is 14.3. The largest absolute Gasteiger partial charge is 0.493 e. The smallest absolute Gasteiger partial charge is 0.263 e. The Bertz CT molecular complexity index is 1370. The standard InChI is InChI=1S/C27H22FNO4/c1-31-24-13-20(14-25(32-2)26(24)33-3)27(30)29-22-12-17-7-5-4-6-16(17)10-19(22)11-18-8-9-21(28)15-23(18)29/h4-10,12-15H,11H2,1-3H3. The Morgan fingerprint density at radius 1 is 0.788 bits per heavy atom. The van der Waals surface area contributed by atoms with Gasteiger partial charge >= 0.3 is 0 Å². The second kappa shape index (κ2) is 8.13. The van der Waals surface area contributed by atoms with Gasteiger partial charge in [0.25, 0.3) is 5.91 Å². The molecule has 4 aromatic rings. The highest BCUT2D eigenvalue weighted by atomic mass is 19.1. The van der Waals surface area contributed by atoms with Crippen LogP contribution in [-0.4, -0.2) is 27.2 Å². The fraction of sp³-hybridized carbons (Fsp3) is 0.148. The van der Waals surface area contributed by atoms with Gasteiger partial charge in [0.05, 0.1) is 32.7 Å². The minimum atomic E-state index is -0.402. The first-order valence-electron chi connectivity index (χ1n) is 10.5. The Morgan fingerprint density at radius 3 is 2.06 bits per heavy atom. The number of benzene rings is 4. The van der Waals surface area contributed by atoms with Crippen molar-refractivity contribution in [1.29, 1.82) is 0 Å². The number of ether oxygens (including phenoxy) is 3. The number of carbonyl (C=O) groups is 1. The van der Waals surface area contributed by atoms with Crippen LogP contribution in [-0.2, 0) is 6.42 Å². The van der Waals surface area contributed by atoms with Gasteiger partial charge < -0.3 is 14.2 Å². The van der Waals surface area contributed by atoms with Crippen molar-refractivity contribution in [3.8, 4) is 17.2 Å². The van der Waals surface area contributed by atoms with E-state index in [2.05, 4.69) is 6.07 Å². The molecule has 6 heteroatoms. The summed E-state index contributed by atoms with van der Waals surface area (Å²) in [5.74, 6) is 0.414. The topological polar surface area (TPSA) is 48.0 Å². The Balaban J connectivity index is 1.73. The highest BCUT2D eigenvalue weighted by molar-refractivity contribution is 6.14. The van der Waals surface area contributed by atoms with Gasteiger partial charge in [-0.3, -0.25) is 9.69 Å². The van der Waals surface area contributed by atoms with Crippen LogP contribution in [0.2, 0.25) is 0 Å². The number of rotatable bonds is 4. The number of amides is 1. The molecule has 0 N–H and O–H groups in total. The maximum atomic E-state index is 14.3. The number of methoxy groups -OCH3 is 3. The van der Waals surface area contributed by atoms with Crippen LogP contribution in [0.3, 0.4) is 0 Å². The lowest BCUT2D eigenvalue weighted by Gasteiger charge is -2.32. The number of halogens is 1. The van der Waals surface area contributed by atoms with E-state index in [1.165, 1.54) is 33.5 Å². The average Bonchev–Trinajstić information content (AvgIpc) is 2.84. The number of carbonyl (C=O) groups excluding carboxylic acids is 1. The van der Waals surface area contributed by atoms with Crippen LogP contribution in [0.25, 0.3) is 10.8 Å². The number of anilines is 2. The summed E-state index contributed by atoms with van der Waals surface area (Å²) in [7, 11) is 4.50. The lowest BCUT2D eigenvalue weighted by Crippen LogP contribution is -2.30. The summed E-state index contributed by atoms with van der Waals surface area (Å²) < 4.78 is 30.6.